The van der Waals surface area contributed by atoms with Gasteiger partial charge in [-0.05, 0) is 23.6 Å². The lowest BCUT2D eigenvalue weighted by Crippen LogP contribution is -1.94. The van der Waals surface area contributed by atoms with E-state index in [4.69, 9.17) is 0 Å². The van der Waals surface area contributed by atoms with Crippen molar-refractivity contribution in [2.75, 3.05) is 0 Å². The highest BCUT2D eigenvalue weighted by Crippen LogP contribution is 2.21. The first-order valence-electron chi connectivity index (χ1n) is 5.09. The minimum Gasteiger partial charge on any atom is -0.388 e. The van der Waals surface area contributed by atoms with E-state index in [-0.39, 0.29) is 6.10 Å². The molecule has 0 aliphatic rings. The molecule has 0 bridgehead atoms. The zero-order chi connectivity index (χ0) is 10.7. The number of rotatable bonds is 3. The monoisotopic (exact) mass is 202 g/mol. The minimum atomic E-state index is -0.360. The van der Waals surface area contributed by atoms with Crippen molar-refractivity contribution in [1.29, 1.82) is 0 Å². The number of nitrogens with zero attached hydrogens (tertiary/aromatic N) is 1. The molecule has 0 aliphatic heterocycles. The van der Waals surface area contributed by atoms with E-state index >= 15 is 0 Å². The highest BCUT2D eigenvalue weighted by atomic mass is 16.3. The van der Waals surface area contributed by atoms with E-state index in [1.165, 1.54) is 0 Å². The summed E-state index contributed by atoms with van der Waals surface area (Å²) in [5.74, 6) is 0. The molecule has 2 rings (SSSR count). The fourth-order valence-corrected chi connectivity index (χ4v) is 1.54. The molecule has 0 saturated heterocycles. The lowest BCUT2D eigenvalue weighted by Gasteiger charge is -2.08. The summed E-state index contributed by atoms with van der Waals surface area (Å²) in [5, 5.41) is 16.4. The third kappa shape index (κ3) is 2.07. The summed E-state index contributed by atoms with van der Waals surface area (Å²) in [6.07, 6.45) is 2.11. The van der Waals surface area contributed by atoms with E-state index in [0.717, 1.165) is 23.2 Å². The average molecular weight is 202 g/mol. The normalized spacial score (nSPS) is 12.7. The van der Waals surface area contributed by atoms with Gasteiger partial charge in [-0.2, -0.15) is 5.10 Å². The summed E-state index contributed by atoms with van der Waals surface area (Å²) in [6.45, 7) is 1.97. The van der Waals surface area contributed by atoms with Crippen LogP contribution in [0.5, 0.6) is 0 Å². The maximum absolute atomic E-state index is 9.63. The summed E-state index contributed by atoms with van der Waals surface area (Å²) in [7, 11) is 0. The summed E-state index contributed by atoms with van der Waals surface area (Å²) in [5.41, 5.74) is 3.04. The molecule has 1 heterocycles. The Morgan fingerprint density at radius 3 is 2.53 bits per heavy atom. The number of benzene rings is 1. The van der Waals surface area contributed by atoms with Crippen LogP contribution in [0.3, 0.4) is 0 Å². The van der Waals surface area contributed by atoms with E-state index in [1.807, 2.05) is 37.3 Å². The van der Waals surface area contributed by atoms with Crippen molar-refractivity contribution in [3.8, 4) is 11.3 Å². The molecular formula is C12H14N2O. The number of aliphatic hydroxyl groups excluding tert-OH is 1. The van der Waals surface area contributed by atoms with Crippen LogP contribution in [0.4, 0.5) is 0 Å². The van der Waals surface area contributed by atoms with Crippen molar-refractivity contribution in [3.63, 3.8) is 0 Å². The maximum Gasteiger partial charge on any atom is 0.0787 e. The SMILES string of the molecule is CCC(O)c1ccc(-c2ccn[nH]2)cc1. The summed E-state index contributed by atoms with van der Waals surface area (Å²) in [6, 6.07) is 9.80. The zero-order valence-corrected chi connectivity index (χ0v) is 8.64. The van der Waals surface area contributed by atoms with Crippen LogP contribution in [0.1, 0.15) is 25.0 Å². The Hall–Kier alpha value is -1.61. The summed E-state index contributed by atoms with van der Waals surface area (Å²) in [4.78, 5) is 0. The molecule has 78 valence electrons. The number of aromatic nitrogens is 2. The van der Waals surface area contributed by atoms with Gasteiger partial charge in [-0.25, -0.2) is 0 Å². The zero-order valence-electron chi connectivity index (χ0n) is 8.64. The second kappa shape index (κ2) is 4.28. The highest BCUT2D eigenvalue weighted by molar-refractivity contribution is 5.58. The van der Waals surface area contributed by atoms with Crippen LogP contribution in [-0.2, 0) is 0 Å². The number of H-pyrrole nitrogens is 1. The molecule has 1 aromatic heterocycles. The number of hydrogen-bond donors (Lipinski definition) is 2. The van der Waals surface area contributed by atoms with Gasteiger partial charge in [0, 0.05) is 6.20 Å². The first-order valence-corrected chi connectivity index (χ1v) is 5.09. The highest BCUT2D eigenvalue weighted by Gasteiger charge is 2.04. The molecule has 0 radical (unpaired) electrons. The Bertz CT molecular complexity index is 406. The van der Waals surface area contributed by atoms with Crippen molar-refractivity contribution in [2.45, 2.75) is 19.4 Å². The Morgan fingerprint density at radius 1 is 1.27 bits per heavy atom. The van der Waals surface area contributed by atoms with Crippen LogP contribution >= 0.6 is 0 Å². The van der Waals surface area contributed by atoms with Gasteiger partial charge in [0.15, 0.2) is 0 Å². The first kappa shape index (κ1) is 9.93. The standard InChI is InChI=1S/C12H14N2O/c1-2-12(15)10-5-3-9(4-6-10)11-7-8-13-14-11/h3-8,12,15H,2H2,1H3,(H,13,14). The van der Waals surface area contributed by atoms with Crippen molar-refractivity contribution in [2.24, 2.45) is 0 Å². The van der Waals surface area contributed by atoms with E-state index in [1.54, 1.807) is 6.20 Å². The molecule has 15 heavy (non-hydrogen) atoms. The van der Waals surface area contributed by atoms with Crippen LogP contribution in [0, 0.1) is 0 Å². The second-order valence-corrected chi connectivity index (χ2v) is 3.52. The topological polar surface area (TPSA) is 48.9 Å². The molecule has 0 amide bonds. The fourth-order valence-electron chi connectivity index (χ4n) is 1.54. The lowest BCUT2D eigenvalue weighted by atomic mass is 10.0. The fraction of sp³-hybridized carbons (Fsp3) is 0.250. The molecular weight excluding hydrogens is 188 g/mol. The van der Waals surface area contributed by atoms with Crippen LogP contribution in [-0.4, -0.2) is 15.3 Å². The quantitative estimate of drug-likeness (QED) is 0.803. The largest absolute Gasteiger partial charge is 0.388 e. The Balaban J connectivity index is 2.25. The molecule has 2 N–H and O–H groups in total. The molecule has 0 saturated carbocycles. The first-order chi connectivity index (χ1) is 7.31. The van der Waals surface area contributed by atoms with E-state index in [9.17, 15) is 5.11 Å². The van der Waals surface area contributed by atoms with Crippen LogP contribution < -0.4 is 0 Å². The molecule has 2 aromatic rings. The molecule has 1 aromatic carbocycles. The van der Waals surface area contributed by atoms with Gasteiger partial charge >= 0.3 is 0 Å². The predicted molar refractivity (Wildman–Crippen MR) is 59.3 cm³/mol. The number of aromatic amines is 1. The van der Waals surface area contributed by atoms with Crippen LogP contribution in [0.2, 0.25) is 0 Å². The van der Waals surface area contributed by atoms with Crippen LogP contribution in [0.15, 0.2) is 36.5 Å². The third-order valence-electron chi connectivity index (χ3n) is 2.49. The second-order valence-electron chi connectivity index (χ2n) is 3.52. The minimum absolute atomic E-state index is 0.360. The Kier molecular flexibility index (Phi) is 2.83. The van der Waals surface area contributed by atoms with Gasteiger partial charge in [0.1, 0.15) is 0 Å². The van der Waals surface area contributed by atoms with Gasteiger partial charge in [-0.3, -0.25) is 5.10 Å². The number of hydrogen-bond acceptors (Lipinski definition) is 2. The Morgan fingerprint density at radius 2 is 2.00 bits per heavy atom. The van der Waals surface area contributed by atoms with Crippen molar-refractivity contribution in [3.05, 3.63) is 42.1 Å². The smallest absolute Gasteiger partial charge is 0.0787 e. The van der Waals surface area contributed by atoms with E-state index < -0.39 is 0 Å². The molecule has 1 atom stereocenters. The van der Waals surface area contributed by atoms with Gasteiger partial charge in [-0.1, -0.05) is 31.2 Å². The molecule has 0 aliphatic carbocycles. The van der Waals surface area contributed by atoms with Gasteiger partial charge in [0.2, 0.25) is 0 Å². The van der Waals surface area contributed by atoms with Gasteiger partial charge in [-0.15, -0.1) is 0 Å². The van der Waals surface area contributed by atoms with E-state index in [0.29, 0.717) is 0 Å². The molecule has 0 fully saturated rings. The lowest BCUT2D eigenvalue weighted by molar-refractivity contribution is 0.173. The van der Waals surface area contributed by atoms with Crippen LogP contribution in [0.25, 0.3) is 11.3 Å². The van der Waals surface area contributed by atoms with Crippen molar-refractivity contribution >= 4 is 0 Å². The average Bonchev–Trinajstić information content (AvgIpc) is 2.82. The van der Waals surface area contributed by atoms with Gasteiger partial charge in [0.05, 0.1) is 11.8 Å². The van der Waals surface area contributed by atoms with Crippen molar-refractivity contribution < 1.29 is 5.11 Å². The Labute approximate surface area is 88.8 Å². The molecule has 3 heteroatoms. The van der Waals surface area contributed by atoms with E-state index in [2.05, 4.69) is 10.2 Å². The molecule has 1 unspecified atom stereocenters. The predicted octanol–water partition coefficient (Wildman–Crippen LogP) is 2.52. The van der Waals surface area contributed by atoms with Crippen molar-refractivity contribution in [1.82, 2.24) is 10.2 Å². The number of nitrogens with one attached hydrogen (secondary N) is 1. The molecule has 0 spiro atoms. The van der Waals surface area contributed by atoms with Gasteiger partial charge < -0.3 is 5.11 Å². The summed E-state index contributed by atoms with van der Waals surface area (Å²) >= 11 is 0. The molecule has 3 nitrogen and oxygen atoms in total. The maximum atomic E-state index is 9.63. The van der Waals surface area contributed by atoms with Gasteiger partial charge in [0.25, 0.3) is 0 Å². The third-order valence-corrected chi connectivity index (χ3v) is 2.49. The number of aliphatic hydroxyl groups is 1. The summed E-state index contributed by atoms with van der Waals surface area (Å²) < 4.78 is 0.